The van der Waals surface area contributed by atoms with Crippen molar-refractivity contribution in [2.75, 3.05) is 13.2 Å². The van der Waals surface area contributed by atoms with Crippen molar-refractivity contribution < 1.29 is 14.6 Å². The van der Waals surface area contributed by atoms with Crippen LogP contribution < -0.4 is 5.32 Å². The molecule has 0 aromatic rings. The molecule has 0 radical (unpaired) electrons. The Bertz CT molecular complexity index is 137. The maximum absolute atomic E-state index is 10.8. The zero-order valence-corrected chi connectivity index (χ0v) is 5.83. The lowest BCUT2D eigenvalue weighted by Crippen LogP contribution is -2.15. The van der Waals surface area contributed by atoms with Crippen LogP contribution in [0, 0.1) is 0 Å². The van der Waals surface area contributed by atoms with Crippen LogP contribution in [0.3, 0.4) is 0 Å². The molecule has 0 amide bonds. The van der Waals surface area contributed by atoms with Crippen molar-refractivity contribution in [2.45, 2.75) is 19.0 Å². The van der Waals surface area contributed by atoms with Gasteiger partial charge < -0.3 is 9.84 Å². The second kappa shape index (κ2) is 2.98. The largest absolute Gasteiger partial charge is 0.465 e. The molecule has 0 aromatic heterocycles. The molecule has 1 fully saturated rings. The highest BCUT2D eigenvalue weighted by Gasteiger charge is 2.42. The predicted molar refractivity (Wildman–Crippen MR) is 34.4 cm³/mol. The zero-order valence-electron chi connectivity index (χ0n) is 5.83. The van der Waals surface area contributed by atoms with E-state index in [1.165, 1.54) is 0 Å². The molecule has 0 saturated carbocycles. The number of ether oxygens (including phenoxy) is 1. The van der Waals surface area contributed by atoms with Gasteiger partial charge in [0.1, 0.15) is 6.04 Å². The number of carbonyl (C=O) groups is 1. The highest BCUT2D eigenvalue weighted by molar-refractivity contribution is 5.80. The van der Waals surface area contributed by atoms with Crippen molar-refractivity contribution >= 4 is 5.97 Å². The van der Waals surface area contributed by atoms with Crippen molar-refractivity contribution in [1.29, 1.82) is 0 Å². The van der Waals surface area contributed by atoms with Gasteiger partial charge in [-0.25, -0.2) is 0 Å². The van der Waals surface area contributed by atoms with Gasteiger partial charge in [-0.15, -0.1) is 0 Å². The number of rotatable bonds is 3. The Morgan fingerprint density at radius 3 is 2.90 bits per heavy atom. The summed E-state index contributed by atoms with van der Waals surface area (Å²) in [6.45, 7) is 2.16. The summed E-state index contributed by atoms with van der Waals surface area (Å²) >= 11 is 0. The molecule has 0 aromatic carbocycles. The van der Waals surface area contributed by atoms with Gasteiger partial charge in [0.25, 0.3) is 0 Å². The topological polar surface area (TPSA) is 68.5 Å². The van der Waals surface area contributed by atoms with E-state index in [1.807, 2.05) is 0 Å². The summed E-state index contributed by atoms with van der Waals surface area (Å²) in [5.41, 5.74) is 0. The SMILES string of the molecule is CCOC(=O)C1N[C@@H]1CO. The molecule has 0 spiro atoms. The Kier molecular flexibility index (Phi) is 2.24. The molecule has 10 heavy (non-hydrogen) atoms. The third kappa shape index (κ3) is 1.46. The third-order valence-corrected chi connectivity index (χ3v) is 1.42. The van der Waals surface area contributed by atoms with Crippen LogP contribution in [0.25, 0.3) is 0 Å². The zero-order chi connectivity index (χ0) is 7.56. The van der Waals surface area contributed by atoms with Crippen LogP contribution >= 0.6 is 0 Å². The van der Waals surface area contributed by atoms with Crippen LogP contribution in [0.15, 0.2) is 0 Å². The van der Waals surface area contributed by atoms with Gasteiger partial charge in [0, 0.05) is 0 Å². The molecule has 1 heterocycles. The van der Waals surface area contributed by atoms with Crippen LogP contribution in [-0.2, 0) is 9.53 Å². The molecule has 1 unspecified atom stereocenters. The smallest absolute Gasteiger partial charge is 0.324 e. The molecule has 0 aliphatic carbocycles. The van der Waals surface area contributed by atoms with Crippen LogP contribution in [0.2, 0.25) is 0 Å². The second-order valence-corrected chi connectivity index (χ2v) is 2.19. The standard InChI is InChI=1S/C6H11NO3/c1-2-10-6(9)5-4(3-8)7-5/h4-5,7-8H,2-3H2,1H3/t4-,5?/m1/s1. The van der Waals surface area contributed by atoms with Gasteiger partial charge in [-0.05, 0) is 6.92 Å². The first-order valence-electron chi connectivity index (χ1n) is 3.33. The molecule has 1 aliphatic heterocycles. The van der Waals surface area contributed by atoms with E-state index in [1.54, 1.807) is 6.92 Å². The summed E-state index contributed by atoms with van der Waals surface area (Å²) in [6.07, 6.45) is 0. The molecule has 58 valence electrons. The van der Waals surface area contributed by atoms with Crippen molar-refractivity contribution in [3.05, 3.63) is 0 Å². The highest BCUT2D eigenvalue weighted by Crippen LogP contribution is 2.10. The Morgan fingerprint density at radius 2 is 2.50 bits per heavy atom. The van der Waals surface area contributed by atoms with E-state index in [2.05, 4.69) is 10.1 Å². The van der Waals surface area contributed by atoms with E-state index in [0.29, 0.717) is 6.61 Å². The van der Waals surface area contributed by atoms with Crippen LogP contribution in [0.1, 0.15) is 6.92 Å². The minimum absolute atomic E-state index is 0.00345. The lowest BCUT2D eigenvalue weighted by molar-refractivity contribution is -0.142. The Balaban J connectivity index is 2.19. The van der Waals surface area contributed by atoms with E-state index >= 15 is 0 Å². The van der Waals surface area contributed by atoms with Crippen LogP contribution in [0.4, 0.5) is 0 Å². The van der Waals surface area contributed by atoms with Crippen molar-refractivity contribution in [2.24, 2.45) is 0 Å². The molecule has 4 nitrogen and oxygen atoms in total. The summed E-state index contributed by atoms with van der Waals surface area (Å²) in [5, 5.41) is 11.3. The van der Waals surface area contributed by atoms with Gasteiger partial charge in [-0.1, -0.05) is 0 Å². The Labute approximate surface area is 59.2 Å². The van der Waals surface area contributed by atoms with E-state index in [4.69, 9.17) is 5.11 Å². The van der Waals surface area contributed by atoms with E-state index < -0.39 is 0 Å². The normalized spacial score (nSPS) is 29.8. The number of hydrogen-bond donors (Lipinski definition) is 2. The molecule has 0 bridgehead atoms. The fourth-order valence-corrected chi connectivity index (χ4v) is 0.798. The molecule has 2 N–H and O–H groups in total. The molecule has 1 saturated heterocycles. The monoisotopic (exact) mass is 145 g/mol. The van der Waals surface area contributed by atoms with Gasteiger partial charge in [-0.2, -0.15) is 0 Å². The van der Waals surface area contributed by atoms with Crippen molar-refractivity contribution in [3.8, 4) is 0 Å². The second-order valence-electron chi connectivity index (χ2n) is 2.19. The van der Waals surface area contributed by atoms with Crippen LogP contribution in [0.5, 0.6) is 0 Å². The first-order valence-corrected chi connectivity index (χ1v) is 3.33. The van der Waals surface area contributed by atoms with Crippen molar-refractivity contribution in [1.82, 2.24) is 5.32 Å². The number of aliphatic hydroxyl groups excluding tert-OH is 1. The maximum Gasteiger partial charge on any atom is 0.324 e. The van der Waals surface area contributed by atoms with Crippen LogP contribution in [-0.4, -0.2) is 36.4 Å². The third-order valence-electron chi connectivity index (χ3n) is 1.42. The van der Waals surface area contributed by atoms with Gasteiger partial charge in [0.2, 0.25) is 0 Å². The lowest BCUT2D eigenvalue weighted by atomic mass is 10.3. The van der Waals surface area contributed by atoms with E-state index in [9.17, 15) is 4.79 Å². The summed E-state index contributed by atoms with van der Waals surface area (Å²) in [7, 11) is 0. The summed E-state index contributed by atoms with van der Waals surface area (Å²) in [5.74, 6) is -0.262. The molecule has 4 heteroatoms. The fourth-order valence-electron chi connectivity index (χ4n) is 0.798. The van der Waals surface area contributed by atoms with E-state index in [-0.39, 0.29) is 24.7 Å². The number of carbonyl (C=O) groups excluding carboxylic acids is 1. The van der Waals surface area contributed by atoms with Crippen molar-refractivity contribution in [3.63, 3.8) is 0 Å². The summed E-state index contributed by atoms with van der Waals surface area (Å²) in [4.78, 5) is 10.8. The minimum atomic E-state index is -0.262. The molecule has 2 atom stereocenters. The summed E-state index contributed by atoms with van der Waals surface area (Å²) < 4.78 is 4.69. The highest BCUT2D eigenvalue weighted by atomic mass is 16.5. The maximum atomic E-state index is 10.8. The molecule has 1 rings (SSSR count). The average molecular weight is 145 g/mol. The van der Waals surface area contributed by atoms with Gasteiger partial charge in [0.15, 0.2) is 0 Å². The Hall–Kier alpha value is -0.610. The number of hydrogen-bond acceptors (Lipinski definition) is 4. The minimum Gasteiger partial charge on any atom is -0.465 e. The molecule has 1 aliphatic rings. The summed E-state index contributed by atoms with van der Waals surface area (Å²) in [6, 6.07) is -0.330. The first-order chi connectivity index (χ1) is 4.79. The lowest BCUT2D eigenvalue weighted by Gasteiger charge is -1.96. The van der Waals surface area contributed by atoms with Gasteiger partial charge in [-0.3, -0.25) is 10.1 Å². The number of aliphatic hydroxyl groups is 1. The quantitative estimate of drug-likeness (QED) is 0.390. The first kappa shape index (κ1) is 7.50. The van der Waals surface area contributed by atoms with Gasteiger partial charge >= 0.3 is 5.97 Å². The average Bonchev–Trinajstić information content (AvgIpc) is 2.66. The van der Waals surface area contributed by atoms with Gasteiger partial charge in [0.05, 0.1) is 19.3 Å². The number of esters is 1. The predicted octanol–water partition coefficient (Wildman–Crippen LogP) is -1.12. The fraction of sp³-hybridized carbons (Fsp3) is 0.833. The Morgan fingerprint density at radius 1 is 1.80 bits per heavy atom. The molecular formula is C6H11NO3. The number of nitrogens with one attached hydrogen (secondary N) is 1. The van der Waals surface area contributed by atoms with E-state index in [0.717, 1.165) is 0 Å². The molecular weight excluding hydrogens is 134 g/mol.